The number of aryl methyl sites for hydroxylation is 2. The molecule has 2 aromatic carbocycles. The molecule has 3 aromatic rings. The second-order valence-electron chi connectivity index (χ2n) is 6.26. The van der Waals surface area contributed by atoms with Crippen molar-refractivity contribution in [3.05, 3.63) is 71.3 Å². The molecule has 1 atom stereocenters. The molecule has 1 N–H and O–H groups in total. The second kappa shape index (κ2) is 8.35. The van der Waals surface area contributed by atoms with E-state index in [4.69, 9.17) is 0 Å². The fraction of sp³-hybridized carbons (Fsp3) is 0.250. The summed E-state index contributed by atoms with van der Waals surface area (Å²) in [7, 11) is 0. The maximum atomic E-state index is 13.0. The van der Waals surface area contributed by atoms with Crippen LogP contribution in [0.1, 0.15) is 23.9 Å². The zero-order chi connectivity index (χ0) is 19.4. The van der Waals surface area contributed by atoms with Gasteiger partial charge in [-0.2, -0.15) is 0 Å². The first-order valence-electron chi connectivity index (χ1n) is 8.62. The Labute approximate surface area is 162 Å². The molecule has 0 aliphatic carbocycles. The van der Waals surface area contributed by atoms with Gasteiger partial charge in [0.25, 0.3) is 0 Å². The third kappa shape index (κ3) is 4.54. The van der Waals surface area contributed by atoms with Gasteiger partial charge in [0, 0.05) is 6.54 Å². The predicted octanol–water partition coefficient (Wildman–Crippen LogP) is 3.82. The first-order valence-corrected chi connectivity index (χ1v) is 9.50. The average Bonchev–Trinajstić information content (AvgIpc) is 3.01. The lowest BCUT2D eigenvalue weighted by Crippen LogP contribution is -2.30. The third-order valence-electron chi connectivity index (χ3n) is 4.18. The van der Waals surface area contributed by atoms with Crippen molar-refractivity contribution in [2.45, 2.75) is 37.7 Å². The van der Waals surface area contributed by atoms with Gasteiger partial charge in [0.1, 0.15) is 11.6 Å². The quantitative estimate of drug-likeness (QED) is 0.657. The Morgan fingerprint density at radius 3 is 2.56 bits per heavy atom. The van der Waals surface area contributed by atoms with Crippen molar-refractivity contribution in [1.29, 1.82) is 0 Å². The summed E-state index contributed by atoms with van der Waals surface area (Å²) in [5.41, 5.74) is 2.96. The summed E-state index contributed by atoms with van der Waals surface area (Å²) in [5, 5.41) is 11.6. The molecule has 1 aromatic heterocycles. The van der Waals surface area contributed by atoms with Crippen LogP contribution in [0.4, 0.5) is 4.39 Å². The van der Waals surface area contributed by atoms with Crippen molar-refractivity contribution in [2.24, 2.45) is 0 Å². The van der Waals surface area contributed by atoms with Crippen molar-refractivity contribution in [3.8, 4) is 5.69 Å². The topological polar surface area (TPSA) is 59.8 Å². The number of carbonyl (C=O) groups is 1. The molecule has 0 saturated carbocycles. The molecule has 5 nitrogen and oxygen atoms in total. The predicted molar refractivity (Wildman–Crippen MR) is 104 cm³/mol. The van der Waals surface area contributed by atoms with E-state index in [2.05, 4.69) is 15.5 Å². The number of rotatable bonds is 6. The number of benzene rings is 2. The number of amides is 1. The maximum absolute atomic E-state index is 13.0. The van der Waals surface area contributed by atoms with Crippen molar-refractivity contribution in [3.63, 3.8) is 0 Å². The molecule has 0 aliphatic rings. The van der Waals surface area contributed by atoms with E-state index >= 15 is 0 Å². The largest absolute Gasteiger partial charge is 0.351 e. The summed E-state index contributed by atoms with van der Waals surface area (Å²) in [4.78, 5) is 12.4. The summed E-state index contributed by atoms with van der Waals surface area (Å²) in [5.74, 6) is 0.368. The van der Waals surface area contributed by atoms with Crippen LogP contribution in [-0.4, -0.2) is 25.9 Å². The van der Waals surface area contributed by atoms with Crippen LogP contribution >= 0.6 is 11.8 Å². The summed E-state index contributed by atoms with van der Waals surface area (Å²) in [6.45, 7) is 6.11. The van der Waals surface area contributed by atoms with Crippen LogP contribution < -0.4 is 5.32 Å². The van der Waals surface area contributed by atoms with Gasteiger partial charge in [0.15, 0.2) is 5.16 Å². The fourth-order valence-corrected chi connectivity index (χ4v) is 3.59. The SMILES string of the molecule is Cc1ccccc1-n1c(C)nnc1SC(C)C(=O)NCc1ccc(F)cc1. The zero-order valence-corrected chi connectivity index (χ0v) is 16.3. The van der Waals surface area contributed by atoms with Crippen LogP contribution in [-0.2, 0) is 11.3 Å². The summed E-state index contributed by atoms with van der Waals surface area (Å²) in [6, 6.07) is 14.1. The molecule has 0 fully saturated rings. The van der Waals surface area contributed by atoms with E-state index in [0.717, 1.165) is 22.6 Å². The molecule has 140 valence electrons. The van der Waals surface area contributed by atoms with Crippen LogP contribution in [0.15, 0.2) is 53.7 Å². The van der Waals surface area contributed by atoms with Gasteiger partial charge in [-0.1, -0.05) is 42.1 Å². The summed E-state index contributed by atoms with van der Waals surface area (Å²) >= 11 is 1.36. The van der Waals surface area contributed by atoms with Crippen molar-refractivity contribution < 1.29 is 9.18 Å². The first-order chi connectivity index (χ1) is 13.0. The van der Waals surface area contributed by atoms with Crippen LogP contribution in [0, 0.1) is 19.7 Å². The van der Waals surface area contributed by atoms with Crippen molar-refractivity contribution in [2.75, 3.05) is 0 Å². The van der Waals surface area contributed by atoms with E-state index in [0.29, 0.717) is 11.7 Å². The lowest BCUT2D eigenvalue weighted by Gasteiger charge is -2.14. The molecule has 1 heterocycles. The number of hydrogen-bond donors (Lipinski definition) is 1. The highest BCUT2D eigenvalue weighted by atomic mass is 32.2. The Balaban J connectivity index is 1.69. The maximum Gasteiger partial charge on any atom is 0.233 e. The van der Waals surface area contributed by atoms with Crippen molar-refractivity contribution >= 4 is 17.7 Å². The van der Waals surface area contributed by atoms with Gasteiger partial charge in [0.2, 0.25) is 5.91 Å². The Morgan fingerprint density at radius 2 is 1.85 bits per heavy atom. The molecule has 1 amide bonds. The van der Waals surface area contributed by atoms with E-state index < -0.39 is 0 Å². The number of nitrogens with one attached hydrogen (secondary N) is 1. The number of aromatic nitrogens is 3. The van der Waals surface area contributed by atoms with Gasteiger partial charge in [-0.3, -0.25) is 9.36 Å². The number of carbonyl (C=O) groups excluding carboxylic acids is 1. The highest BCUT2D eigenvalue weighted by molar-refractivity contribution is 8.00. The zero-order valence-electron chi connectivity index (χ0n) is 15.4. The first kappa shape index (κ1) is 19.1. The van der Waals surface area contributed by atoms with E-state index in [1.165, 1.54) is 23.9 Å². The number of para-hydroxylation sites is 1. The number of hydrogen-bond acceptors (Lipinski definition) is 4. The summed E-state index contributed by atoms with van der Waals surface area (Å²) in [6.07, 6.45) is 0. The van der Waals surface area contributed by atoms with Gasteiger partial charge >= 0.3 is 0 Å². The highest BCUT2D eigenvalue weighted by Crippen LogP contribution is 2.27. The Kier molecular flexibility index (Phi) is 5.91. The second-order valence-corrected chi connectivity index (χ2v) is 7.56. The molecular weight excluding hydrogens is 363 g/mol. The van der Waals surface area contributed by atoms with E-state index in [9.17, 15) is 9.18 Å². The van der Waals surface area contributed by atoms with Crippen molar-refractivity contribution in [1.82, 2.24) is 20.1 Å². The third-order valence-corrected chi connectivity index (χ3v) is 5.23. The monoisotopic (exact) mass is 384 g/mol. The standard InChI is InChI=1S/C20H21FN4OS/c1-13-6-4-5-7-18(13)25-15(3)23-24-20(25)27-14(2)19(26)22-12-16-8-10-17(21)11-9-16/h4-11,14H,12H2,1-3H3,(H,22,26). The molecule has 0 saturated heterocycles. The van der Waals surface area contributed by atoms with Crippen LogP contribution in [0.25, 0.3) is 5.69 Å². The molecule has 3 rings (SSSR count). The lowest BCUT2D eigenvalue weighted by molar-refractivity contribution is -0.120. The number of nitrogens with zero attached hydrogens (tertiary/aromatic N) is 3. The number of thioether (sulfide) groups is 1. The average molecular weight is 384 g/mol. The Bertz CT molecular complexity index is 939. The molecule has 0 spiro atoms. The van der Waals surface area contributed by atoms with Crippen LogP contribution in [0.3, 0.4) is 0 Å². The van der Waals surface area contributed by atoms with Crippen LogP contribution in [0.5, 0.6) is 0 Å². The van der Waals surface area contributed by atoms with Gasteiger partial charge in [-0.25, -0.2) is 4.39 Å². The molecule has 27 heavy (non-hydrogen) atoms. The Hall–Kier alpha value is -2.67. The van der Waals surface area contributed by atoms with E-state index in [1.807, 2.05) is 49.6 Å². The smallest absolute Gasteiger partial charge is 0.233 e. The highest BCUT2D eigenvalue weighted by Gasteiger charge is 2.20. The Morgan fingerprint density at radius 1 is 1.15 bits per heavy atom. The molecular formula is C20H21FN4OS. The molecule has 0 aliphatic heterocycles. The lowest BCUT2D eigenvalue weighted by atomic mass is 10.2. The molecule has 1 unspecified atom stereocenters. The van der Waals surface area contributed by atoms with Gasteiger partial charge < -0.3 is 5.32 Å². The molecule has 7 heteroatoms. The minimum absolute atomic E-state index is 0.110. The minimum Gasteiger partial charge on any atom is -0.351 e. The van der Waals surface area contributed by atoms with Gasteiger partial charge in [-0.05, 0) is 50.1 Å². The van der Waals surface area contributed by atoms with Gasteiger partial charge in [0.05, 0.1) is 10.9 Å². The molecule has 0 radical (unpaired) electrons. The van der Waals surface area contributed by atoms with Gasteiger partial charge in [-0.15, -0.1) is 10.2 Å². The van der Waals surface area contributed by atoms with E-state index in [1.54, 1.807) is 12.1 Å². The van der Waals surface area contributed by atoms with E-state index in [-0.39, 0.29) is 17.0 Å². The molecule has 0 bridgehead atoms. The fourth-order valence-electron chi connectivity index (χ4n) is 2.66. The summed E-state index contributed by atoms with van der Waals surface area (Å²) < 4.78 is 14.9. The van der Waals surface area contributed by atoms with Crippen LogP contribution in [0.2, 0.25) is 0 Å². The normalized spacial score (nSPS) is 12.0. The minimum atomic E-state index is -0.350. The number of halogens is 1.